The van der Waals surface area contributed by atoms with Gasteiger partial charge in [0, 0.05) is 10.8 Å². The van der Waals surface area contributed by atoms with E-state index in [9.17, 15) is 19.2 Å². The Labute approximate surface area is 317 Å². The number of rotatable bonds is 8. The summed E-state index contributed by atoms with van der Waals surface area (Å²) < 4.78 is 11.3. The van der Waals surface area contributed by atoms with Gasteiger partial charge in [-0.3, -0.25) is 24.1 Å². The third-order valence-electron chi connectivity index (χ3n) is 15.2. The summed E-state index contributed by atoms with van der Waals surface area (Å²) >= 11 is 0. The maximum Gasteiger partial charge on any atom is 0.311 e. The number of hydrogen-bond acceptors (Lipinski definition) is 6. The summed E-state index contributed by atoms with van der Waals surface area (Å²) in [4.78, 5) is 50.7. The van der Waals surface area contributed by atoms with E-state index in [1.165, 1.54) is 64.2 Å². The molecule has 52 heavy (non-hydrogen) atoms. The Kier molecular flexibility index (Phi) is 13.9. The molecule has 2 amide bonds. The number of amides is 2. The average Bonchev–Trinajstić information content (AvgIpc) is 3.95. The number of ether oxygens (including phenoxy) is 2. The molecular formula is C45H77NO6. The maximum absolute atomic E-state index is 12.7. The monoisotopic (exact) mass is 728 g/mol. The van der Waals surface area contributed by atoms with Crippen LogP contribution >= 0.6 is 0 Å². The molecule has 7 aliphatic rings. The quantitative estimate of drug-likeness (QED) is 0.183. The van der Waals surface area contributed by atoms with Crippen molar-refractivity contribution in [2.75, 3.05) is 0 Å². The van der Waals surface area contributed by atoms with E-state index < -0.39 is 5.41 Å². The van der Waals surface area contributed by atoms with Crippen molar-refractivity contribution in [2.24, 2.45) is 57.2 Å². The van der Waals surface area contributed by atoms with Crippen LogP contribution in [0.2, 0.25) is 0 Å². The summed E-state index contributed by atoms with van der Waals surface area (Å²) in [5.41, 5.74) is -0.739. The zero-order chi connectivity index (χ0) is 38.8. The lowest BCUT2D eigenvalue weighted by molar-refractivity contribution is -0.178. The van der Waals surface area contributed by atoms with Crippen molar-refractivity contribution < 1.29 is 28.7 Å². The van der Waals surface area contributed by atoms with Gasteiger partial charge in [-0.15, -0.1) is 0 Å². The van der Waals surface area contributed by atoms with E-state index in [0.29, 0.717) is 11.8 Å². The summed E-state index contributed by atoms with van der Waals surface area (Å²) in [6.45, 7) is 24.2. The predicted octanol–water partition coefficient (Wildman–Crippen LogP) is 10.7. The van der Waals surface area contributed by atoms with Gasteiger partial charge in [-0.2, -0.15) is 0 Å². The van der Waals surface area contributed by atoms with Gasteiger partial charge in [0.05, 0.1) is 22.8 Å². The van der Waals surface area contributed by atoms with E-state index in [0.717, 1.165) is 56.3 Å². The molecule has 9 unspecified atom stereocenters. The van der Waals surface area contributed by atoms with Crippen LogP contribution in [0.3, 0.4) is 0 Å². The Hall–Kier alpha value is -1.92. The van der Waals surface area contributed by atoms with Gasteiger partial charge in [-0.1, -0.05) is 68.2 Å². The molecule has 1 heterocycles. The van der Waals surface area contributed by atoms with Crippen LogP contribution in [0.1, 0.15) is 186 Å². The molecule has 0 aromatic heterocycles. The molecule has 0 spiro atoms. The highest BCUT2D eigenvalue weighted by Crippen LogP contribution is 2.66. The number of imide groups is 1. The highest BCUT2D eigenvalue weighted by Gasteiger charge is 2.70. The minimum atomic E-state index is -0.391. The van der Waals surface area contributed by atoms with Gasteiger partial charge in [0.2, 0.25) is 11.8 Å². The van der Waals surface area contributed by atoms with Crippen LogP contribution in [-0.4, -0.2) is 46.9 Å². The molecule has 1 saturated heterocycles. The van der Waals surface area contributed by atoms with Gasteiger partial charge >= 0.3 is 11.9 Å². The number of likely N-dealkylation sites (tertiary alicyclic amines) is 1. The number of fused-ring (bicyclic) bond motifs is 10. The van der Waals surface area contributed by atoms with Crippen LogP contribution in [0, 0.1) is 57.2 Å². The summed E-state index contributed by atoms with van der Waals surface area (Å²) in [6.07, 6.45) is 18.9. The zero-order valence-electron chi connectivity index (χ0n) is 35.4. The number of β-lactam (4-membered cyclic amide) rings is 1. The molecule has 4 bridgehead atoms. The highest BCUT2D eigenvalue weighted by atomic mass is 16.5. The highest BCUT2D eigenvalue weighted by molar-refractivity contribution is 6.04. The lowest BCUT2D eigenvalue weighted by Gasteiger charge is -2.53. The van der Waals surface area contributed by atoms with Crippen LogP contribution in [0.25, 0.3) is 0 Å². The van der Waals surface area contributed by atoms with Crippen molar-refractivity contribution in [3.63, 3.8) is 0 Å². The molecule has 0 radical (unpaired) electrons. The molecule has 7 rings (SSSR count). The lowest BCUT2D eigenvalue weighted by atomic mass is 9.66. The third-order valence-corrected chi connectivity index (χ3v) is 15.2. The van der Waals surface area contributed by atoms with Crippen molar-refractivity contribution in [1.29, 1.82) is 0 Å². The van der Waals surface area contributed by atoms with Crippen LogP contribution in [0.5, 0.6) is 0 Å². The fourth-order valence-corrected chi connectivity index (χ4v) is 10.4. The molecule has 1 aliphatic heterocycles. The van der Waals surface area contributed by atoms with E-state index in [1.807, 2.05) is 76.2 Å². The van der Waals surface area contributed by atoms with E-state index >= 15 is 0 Å². The fourth-order valence-electron chi connectivity index (χ4n) is 10.4. The molecule has 7 fully saturated rings. The largest absolute Gasteiger partial charge is 0.462 e. The van der Waals surface area contributed by atoms with Crippen molar-refractivity contribution >= 4 is 23.8 Å². The van der Waals surface area contributed by atoms with E-state index in [-0.39, 0.29) is 64.2 Å². The van der Waals surface area contributed by atoms with Gasteiger partial charge in [0.15, 0.2) is 0 Å². The topological polar surface area (TPSA) is 90.0 Å². The molecule has 298 valence electrons. The van der Waals surface area contributed by atoms with Crippen molar-refractivity contribution in [2.45, 2.75) is 204 Å². The summed E-state index contributed by atoms with van der Waals surface area (Å²) in [5.74, 6) is 4.08. The number of esters is 2. The van der Waals surface area contributed by atoms with Gasteiger partial charge in [-0.25, -0.2) is 0 Å². The van der Waals surface area contributed by atoms with Crippen LogP contribution in [0.4, 0.5) is 0 Å². The van der Waals surface area contributed by atoms with E-state index in [1.54, 1.807) is 4.90 Å². The fraction of sp³-hybridized carbons (Fsp3) is 0.911. The number of carbonyl (C=O) groups is 4. The summed E-state index contributed by atoms with van der Waals surface area (Å²) in [5, 5.41) is 0. The second-order valence-corrected chi connectivity index (χ2v) is 19.6. The summed E-state index contributed by atoms with van der Waals surface area (Å²) in [7, 11) is 0. The molecule has 7 heteroatoms. The number of nitrogens with zero attached hydrogens (tertiary/aromatic N) is 1. The van der Waals surface area contributed by atoms with Crippen LogP contribution in [0.15, 0.2) is 0 Å². The van der Waals surface area contributed by atoms with Crippen LogP contribution < -0.4 is 0 Å². The van der Waals surface area contributed by atoms with Gasteiger partial charge in [-0.05, 0) is 147 Å². The Bertz CT molecular complexity index is 1260. The van der Waals surface area contributed by atoms with E-state index in [4.69, 9.17) is 9.47 Å². The van der Waals surface area contributed by atoms with Gasteiger partial charge in [0.1, 0.15) is 12.2 Å². The molecule has 7 nitrogen and oxygen atoms in total. The van der Waals surface area contributed by atoms with Crippen molar-refractivity contribution in [1.82, 2.24) is 4.90 Å². The number of carbonyl (C=O) groups excluding carboxylic acids is 4. The van der Waals surface area contributed by atoms with Crippen LogP contribution in [-0.2, 0) is 28.7 Å². The first-order valence-electron chi connectivity index (χ1n) is 21.7. The predicted molar refractivity (Wildman–Crippen MR) is 208 cm³/mol. The lowest BCUT2D eigenvalue weighted by Crippen LogP contribution is -2.68. The molecule has 0 N–H and O–H groups in total. The normalized spacial score (nSPS) is 34.4. The first-order chi connectivity index (χ1) is 24.4. The maximum atomic E-state index is 12.7. The Balaban J connectivity index is 0.000000174. The Morgan fingerprint density at radius 3 is 1.73 bits per heavy atom. The molecular weight excluding hydrogens is 650 g/mol. The standard InChI is InChI=1S/C17H25NO2.C14H24O2.C12H22O2.C2H6/c1-4-17(2,3)16(20)18-14-12-8-11(13(14)15(18)19)9-6-5-7-10(9)12;1-5-13(2,3)12(15)16-11-8-10-6-7-14(11,4)9-10;1-4-12(2,3)11(13)14-10-8-6-5-7-9-10;1-2/h9-14H,4-8H2,1-3H3;10-11H,5-9H2,1-4H3;10H,4-9H2,1-3H3;1-2H3. The molecule has 0 aromatic carbocycles. The molecule has 0 aromatic rings. The van der Waals surface area contributed by atoms with E-state index in [2.05, 4.69) is 6.92 Å². The summed E-state index contributed by atoms with van der Waals surface area (Å²) in [6, 6.07) is 0.269. The third kappa shape index (κ3) is 8.48. The van der Waals surface area contributed by atoms with Gasteiger partial charge < -0.3 is 9.47 Å². The molecule has 6 aliphatic carbocycles. The Morgan fingerprint density at radius 1 is 0.692 bits per heavy atom. The second kappa shape index (κ2) is 16.8. The van der Waals surface area contributed by atoms with Gasteiger partial charge in [0.25, 0.3) is 0 Å². The average molecular weight is 728 g/mol. The first kappa shape index (κ1) is 42.8. The first-order valence-corrected chi connectivity index (χ1v) is 21.7. The Morgan fingerprint density at radius 2 is 1.23 bits per heavy atom. The smallest absolute Gasteiger partial charge is 0.311 e. The SMILES string of the molecule is CC.CCC(C)(C)C(=O)N1C(=O)C2C3CC(C4CCCC43)C21.CCC(C)(C)C(=O)OC1CC2CCC1(C)C2.CCC(C)(C)C(=O)OC1CCCCC1. The van der Waals surface area contributed by atoms with Crippen molar-refractivity contribution in [3.05, 3.63) is 0 Å². The number of hydrogen-bond donors (Lipinski definition) is 0. The zero-order valence-corrected chi connectivity index (χ0v) is 35.4. The minimum absolute atomic E-state index is 0.00576. The second-order valence-electron chi connectivity index (χ2n) is 19.6. The molecule has 6 saturated carbocycles. The molecule has 9 atom stereocenters. The minimum Gasteiger partial charge on any atom is -0.462 e. The van der Waals surface area contributed by atoms with Crippen molar-refractivity contribution in [3.8, 4) is 0 Å².